The molecule has 5 nitrogen and oxygen atoms in total. The molecule has 2 aromatic rings. The highest BCUT2D eigenvalue weighted by atomic mass is 35.5. The predicted octanol–water partition coefficient (Wildman–Crippen LogP) is 3.36. The van der Waals surface area contributed by atoms with Crippen molar-refractivity contribution in [2.24, 2.45) is 5.92 Å². The summed E-state index contributed by atoms with van der Waals surface area (Å²) >= 11 is 5.93. The Labute approximate surface area is 144 Å². The Kier molecular flexibility index (Phi) is 4.71. The van der Waals surface area contributed by atoms with Crippen molar-refractivity contribution < 1.29 is 19.4 Å². The van der Waals surface area contributed by atoms with Crippen molar-refractivity contribution in [3.05, 3.63) is 59.1 Å². The molecule has 2 aromatic carbocycles. The SMILES string of the molecule is O=C(O)[C@@H]1CC(=O)N(c2ccc(OCc3cccc(Cl)c3)cc2)C1. The molecule has 124 valence electrons. The molecule has 1 atom stereocenters. The third kappa shape index (κ3) is 3.68. The summed E-state index contributed by atoms with van der Waals surface area (Å²) in [6.45, 7) is 0.598. The number of carboxylic acid groups (broad SMARTS) is 1. The Morgan fingerprint density at radius 3 is 2.62 bits per heavy atom. The van der Waals surface area contributed by atoms with Crippen LogP contribution in [0.3, 0.4) is 0 Å². The van der Waals surface area contributed by atoms with Gasteiger partial charge in [0.15, 0.2) is 0 Å². The molecule has 0 aromatic heterocycles. The Morgan fingerprint density at radius 2 is 2.00 bits per heavy atom. The van der Waals surface area contributed by atoms with Gasteiger partial charge in [0.25, 0.3) is 0 Å². The van der Waals surface area contributed by atoms with Gasteiger partial charge in [0.05, 0.1) is 5.92 Å². The molecule has 0 radical (unpaired) electrons. The zero-order chi connectivity index (χ0) is 17.1. The summed E-state index contributed by atoms with van der Waals surface area (Å²) < 4.78 is 5.69. The van der Waals surface area contributed by atoms with Gasteiger partial charge in [0.2, 0.25) is 5.91 Å². The van der Waals surface area contributed by atoms with Crippen LogP contribution in [0.2, 0.25) is 5.02 Å². The molecule has 6 heteroatoms. The molecule has 1 saturated heterocycles. The van der Waals surface area contributed by atoms with Crippen LogP contribution in [0.5, 0.6) is 5.75 Å². The van der Waals surface area contributed by atoms with Crippen molar-refractivity contribution in [2.45, 2.75) is 13.0 Å². The average molecular weight is 346 g/mol. The van der Waals surface area contributed by atoms with Crippen molar-refractivity contribution in [3.8, 4) is 5.75 Å². The van der Waals surface area contributed by atoms with Crippen LogP contribution < -0.4 is 9.64 Å². The normalized spacial score (nSPS) is 17.1. The second kappa shape index (κ2) is 6.93. The number of carbonyl (C=O) groups is 2. The van der Waals surface area contributed by atoms with E-state index >= 15 is 0 Å². The first-order valence-electron chi connectivity index (χ1n) is 7.53. The molecule has 1 heterocycles. The lowest BCUT2D eigenvalue weighted by molar-refractivity contribution is -0.141. The average Bonchev–Trinajstić information content (AvgIpc) is 2.96. The Hall–Kier alpha value is -2.53. The van der Waals surface area contributed by atoms with E-state index in [2.05, 4.69) is 0 Å². The number of rotatable bonds is 5. The minimum absolute atomic E-state index is 0.0440. The highest BCUT2D eigenvalue weighted by Gasteiger charge is 2.34. The van der Waals surface area contributed by atoms with Crippen LogP contribution in [0.15, 0.2) is 48.5 Å². The second-order valence-corrected chi connectivity index (χ2v) is 6.09. The number of ether oxygens (including phenoxy) is 1. The summed E-state index contributed by atoms with van der Waals surface area (Å²) in [4.78, 5) is 24.4. The smallest absolute Gasteiger partial charge is 0.308 e. The van der Waals surface area contributed by atoms with Crippen LogP contribution in [0.4, 0.5) is 5.69 Å². The minimum atomic E-state index is -0.938. The van der Waals surface area contributed by atoms with Crippen molar-refractivity contribution in [1.82, 2.24) is 0 Å². The predicted molar refractivity (Wildman–Crippen MR) is 90.3 cm³/mol. The molecule has 0 aliphatic carbocycles. The number of amides is 1. The summed E-state index contributed by atoms with van der Waals surface area (Å²) in [5.41, 5.74) is 1.64. The maximum Gasteiger partial charge on any atom is 0.308 e. The van der Waals surface area contributed by atoms with E-state index in [1.54, 1.807) is 30.3 Å². The van der Waals surface area contributed by atoms with Gasteiger partial charge in [-0.2, -0.15) is 0 Å². The summed E-state index contributed by atoms with van der Waals surface area (Å²) in [6.07, 6.45) is 0.0440. The summed E-state index contributed by atoms with van der Waals surface area (Å²) in [5, 5.41) is 9.69. The van der Waals surface area contributed by atoms with Crippen LogP contribution in [-0.4, -0.2) is 23.5 Å². The topological polar surface area (TPSA) is 66.8 Å². The molecule has 1 fully saturated rings. The Balaban J connectivity index is 1.63. The van der Waals surface area contributed by atoms with Gasteiger partial charge in [-0.05, 0) is 42.0 Å². The third-order valence-electron chi connectivity index (χ3n) is 3.92. The van der Waals surface area contributed by atoms with Crippen LogP contribution in [0, 0.1) is 5.92 Å². The molecule has 1 N–H and O–H groups in total. The van der Waals surface area contributed by atoms with Gasteiger partial charge in [-0.3, -0.25) is 9.59 Å². The number of halogens is 1. The number of hydrogen-bond acceptors (Lipinski definition) is 3. The van der Waals surface area contributed by atoms with Gasteiger partial charge < -0.3 is 14.7 Å². The standard InChI is InChI=1S/C18H16ClNO4/c19-14-3-1-2-12(8-14)11-24-16-6-4-15(5-7-16)20-10-13(18(22)23)9-17(20)21/h1-8,13H,9-11H2,(H,22,23)/t13-/m1/s1. The van der Waals surface area contributed by atoms with Gasteiger partial charge >= 0.3 is 5.97 Å². The van der Waals surface area contributed by atoms with Gasteiger partial charge in [0, 0.05) is 23.7 Å². The zero-order valence-electron chi connectivity index (χ0n) is 12.8. The van der Waals surface area contributed by atoms with Crippen molar-refractivity contribution >= 4 is 29.2 Å². The molecule has 0 bridgehead atoms. The van der Waals surface area contributed by atoms with E-state index in [0.29, 0.717) is 23.1 Å². The first-order chi connectivity index (χ1) is 11.5. The van der Waals surface area contributed by atoms with Crippen molar-refractivity contribution in [3.63, 3.8) is 0 Å². The molecule has 0 spiro atoms. The maximum atomic E-state index is 11.9. The van der Waals surface area contributed by atoms with E-state index in [0.717, 1.165) is 5.56 Å². The fourth-order valence-corrected chi connectivity index (χ4v) is 2.85. The van der Waals surface area contributed by atoms with Gasteiger partial charge in [0.1, 0.15) is 12.4 Å². The molecule has 1 aliphatic rings. The highest BCUT2D eigenvalue weighted by molar-refractivity contribution is 6.30. The summed E-state index contributed by atoms with van der Waals surface area (Å²) in [6, 6.07) is 14.5. The number of anilines is 1. The maximum absolute atomic E-state index is 11.9. The minimum Gasteiger partial charge on any atom is -0.489 e. The fraction of sp³-hybridized carbons (Fsp3) is 0.222. The van der Waals surface area contributed by atoms with Gasteiger partial charge in [-0.15, -0.1) is 0 Å². The number of hydrogen-bond donors (Lipinski definition) is 1. The lowest BCUT2D eigenvalue weighted by Crippen LogP contribution is -2.25. The van der Waals surface area contributed by atoms with E-state index in [1.807, 2.05) is 18.2 Å². The molecular formula is C18H16ClNO4. The fourth-order valence-electron chi connectivity index (χ4n) is 2.64. The van der Waals surface area contributed by atoms with Gasteiger partial charge in [-0.1, -0.05) is 23.7 Å². The quantitative estimate of drug-likeness (QED) is 0.902. The second-order valence-electron chi connectivity index (χ2n) is 5.66. The Bertz CT molecular complexity index is 760. The molecular weight excluding hydrogens is 330 g/mol. The van der Waals surface area contributed by atoms with Gasteiger partial charge in [-0.25, -0.2) is 0 Å². The molecule has 0 unspecified atom stereocenters. The first kappa shape index (κ1) is 16.3. The summed E-state index contributed by atoms with van der Waals surface area (Å²) in [7, 11) is 0. The van der Waals surface area contributed by atoms with Crippen LogP contribution in [0.1, 0.15) is 12.0 Å². The number of aliphatic carboxylic acids is 1. The molecule has 3 rings (SSSR count). The third-order valence-corrected chi connectivity index (χ3v) is 4.15. The van der Waals surface area contributed by atoms with E-state index in [4.69, 9.17) is 21.4 Å². The number of benzene rings is 2. The molecule has 1 aliphatic heterocycles. The highest BCUT2D eigenvalue weighted by Crippen LogP contribution is 2.27. The van der Waals surface area contributed by atoms with E-state index < -0.39 is 11.9 Å². The lowest BCUT2D eigenvalue weighted by atomic mass is 10.1. The first-order valence-corrected chi connectivity index (χ1v) is 7.91. The molecule has 1 amide bonds. The van der Waals surface area contributed by atoms with Crippen LogP contribution in [-0.2, 0) is 16.2 Å². The van der Waals surface area contributed by atoms with E-state index in [1.165, 1.54) is 4.90 Å². The van der Waals surface area contributed by atoms with Crippen molar-refractivity contribution in [1.29, 1.82) is 0 Å². The van der Waals surface area contributed by atoms with Crippen LogP contribution >= 0.6 is 11.6 Å². The summed E-state index contributed by atoms with van der Waals surface area (Å²) in [5.74, 6) is -1.08. The largest absolute Gasteiger partial charge is 0.489 e. The van der Waals surface area contributed by atoms with Crippen molar-refractivity contribution in [2.75, 3.05) is 11.4 Å². The van der Waals surface area contributed by atoms with E-state index in [9.17, 15) is 9.59 Å². The monoisotopic (exact) mass is 345 g/mol. The zero-order valence-corrected chi connectivity index (χ0v) is 13.6. The van der Waals surface area contributed by atoms with E-state index in [-0.39, 0.29) is 18.9 Å². The Morgan fingerprint density at radius 1 is 1.25 bits per heavy atom. The number of carboxylic acids is 1. The van der Waals surface area contributed by atoms with Crippen LogP contribution in [0.25, 0.3) is 0 Å². The lowest BCUT2D eigenvalue weighted by Gasteiger charge is -2.16. The molecule has 24 heavy (non-hydrogen) atoms. The number of nitrogens with zero attached hydrogens (tertiary/aromatic N) is 1. The number of carbonyl (C=O) groups excluding carboxylic acids is 1. The molecule has 0 saturated carbocycles.